The molecule has 1 aromatic carbocycles. The van der Waals surface area contributed by atoms with Gasteiger partial charge in [-0.1, -0.05) is 20.8 Å². The van der Waals surface area contributed by atoms with E-state index in [4.69, 9.17) is 9.47 Å². The molecule has 0 heterocycles. The number of carbonyl (C=O) groups is 1. The molecular formula is C32H49NO5. The van der Waals surface area contributed by atoms with Gasteiger partial charge in [0.1, 0.15) is 11.5 Å². The molecule has 6 heteroatoms. The molecule has 0 saturated heterocycles. The summed E-state index contributed by atoms with van der Waals surface area (Å²) in [6, 6.07) is 5.43. The summed E-state index contributed by atoms with van der Waals surface area (Å²) in [6.07, 6.45) is 9.49. The minimum Gasteiger partial charge on any atom is -0.497 e. The number of aliphatic hydroxyl groups is 2. The molecule has 10 atom stereocenters. The molecule has 1 amide bonds. The molecule has 212 valence electrons. The maximum Gasteiger partial charge on any atom is 0.224 e. The van der Waals surface area contributed by atoms with Crippen LogP contribution < -0.4 is 14.8 Å². The van der Waals surface area contributed by atoms with Crippen molar-refractivity contribution < 1.29 is 24.5 Å². The monoisotopic (exact) mass is 527 g/mol. The first kappa shape index (κ1) is 27.8. The van der Waals surface area contributed by atoms with Crippen LogP contribution in [0.5, 0.6) is 11.5 Å². The number of fused-ring (bicyclic) bond motifs is 5. The topological polar surface area (TPSA) is 88.0 Å². The van der Waals surface area contributed by atoms with E-state index in [0.717, 1.165) is 32.1 Å². The number of nitrogens with one attached hydrogen (secondary N) is 1. The van der Waals surface area contributed by atoms with Crippen molar-refractivity contribution in [3.63, 3.8) is 0 Å². The molecule has 5 rings (SSSR count). The molecule has 0 aromatic heterocycles. The van der Waals surface area contributed by atoms with Crippen molar-refractivity contribution in [2.45, 2.75) is 97.2 Å². The molecule has 1 aromatic rings. The predicted molar refractivity (Wildman–Crippen MR) is 149 cm³/mol. The first-order valence-electron chi connectivity index (χ1n) is 15.0. The highest BCUT2D eigenvalue weighted by molar-refractivity contribution is 5.91. The summed E-state index contributed by atoms with van der Waals surface area (Å²) in [4.78, 5) is 12.9. The van der Waals surface area contributed by atoms with Crippen LogP contribution in [0.15, 0.2) is 18.2 Å². The zero-order valence-electron chi connectivity index (χ0n) is 24.0. The van der Waals surface area contributed by atoms with Gasteiger partial charge in [-0.05, 0) is 104 Å². The molecule has 0 unspecified atom stereocenters. The van der Waals surface area contributed by atoms with E-state index in [0.29, 0.717) is 59.1 Å². The van der Waals surface area contributed by atoms with Crippen LogP contribution in [0.2, 0.25) is 0 Å². The first-order valence-corrected chi connectivity index (χ1v) is 15.0. The zero-order valence-corrected chi connectivity index (χ0v) is 24.0. The van der Waals surface area contributed by atoms with E-state index in [-0.39, 0.29) is 28.9 Å². The summed E-state index contributed by atoms with van der Waals surface area (Å²) in [5.41, 5.74) is 1.18. The van der Waals surface area contributed by atoms with Gasteiger partial charge in [0.25, 0.3) is 0 Å². The summed E-state index contributed by atoms with van der Waals surface area (Å²) in [5, 5.41) is 24.8. The van der Waals surface area contributed by atoms with Crippen molar-refractivity contribution in [2.24, 2.45) is 46.3 Å². The van der Waals surface area contributed by atoms with Crippen molar-refractivity contribution in [3.8, 4) is 11.5 Å². The average molecular weight is 528 g/mol. The fourth-order valence-corrected chi connectivity index (χ4v) is 9.84. The molecule has 4 aliphatic rings. The van der Waals surface area contributed by atoms with Crippen LogP contribution in [-0.2, 0) is 4.79 Å². The second kappa shape index (κ2) is 10.6. The van der Waals surface area contributed by atoms with E-state index in [1.54, 1.807) is 20.3 Å². The van der Waals surface area contributed by atoms with Crippen LogP contribution >= 0.6 is 0 Å². The van der Waals surface area contributed by atoms with Gasteiger partial charge >= 0.3 is 0 Å². The Hall–Kier alpha value is -1.79. The number of ether oxygens (including phenoxy) is 2. The van der Waals surface area contributed by atoms with Gasteiger partial charge in [-0.2, -0.15) is 0 Å². The van der Waals surface area contributed by atoms with Gasteiger partial charge in [-0.15, -0.1) is 0 Å². The van der Waals surface area contributed by atoms with Crippen molar-refractivity contribution >= 4 is 11.6 Å². The molecular weight excluding hydrogens is 478 g/mol. The number of benzene rings is 1. The molecule has 4 saturated carbocycles. The number of hydrogen-bond acceptors (Lipinski definition) is 5. The van der Waals surface area contributed by atoms with Crippen LogP contribution in [0, 0.1) is 46.3 Å². The summed E-state index contributed by atoms with van der Waals surface area (Å²) >= 11 is 0. The highest BCUT2D eigenvalue weighted by Gasteiger charge is 2.62. The molecule has 38 heavy (non-hydrogen) atoms. The van der Waals surface area contributed by atoms with Crippen molar-refractivity contribution in [1.82, 2.24) is 0 Å². The molecule has 0 radical (unpaired) electrons. The fraction of sp³-hybridized carbons (Fsp3) is 0.781. The largest absolute Gasteiger partial charge is 0.497 e. The summed E-state index contributed by atoms with van der Waals surface area (Å²) < 4.78 is 10.7. The second-order valence-corrected chi connectivity index (χ2v) is 13.6. The summed E-state index contributed by atoms with van der Waals surface area (Å²) in [5.74, 6) is 4.35. The molecule has 6 nitrogen and oxygen atoms in total. The molecule has 3 N–H and O–H groups in total. The Morgan fingerprint density at radius 2 is 1.63 bits per heavy atom. The predicted octanol–water partition coefficient (Wildman–Crippen LogP) is 6.05. The number of hydrogen-bond donors (Lipinski definition) is 3. The first-order chi connectivity index (χ1) is 18.1. The molecule has 0 spiro atoms. The smallest absolute Gasteiger partial charge is 0.224 e. The molecule has 0 bridgehead atoms. The average Bonchev–Trinajstić information content (AvgIpc) is 3.25. The lowest BCUT2D eigenvalue weighted by molar-refractivity contribution is -0.174. The molecule has 4 fully saturated rings. The zero-order chi connectivity index (χ0) is 27.2. The minimum absolute atomic E-state index is 0.0247. The SMILES string of the molecule is COc1cc(NC(=O)CC[C@H](C)[C@@H]2CC[C@@H]3[C@H]4[C@H](O)C[C@H]5C[C@@H](O)CC[C@@]5(C)[C@@H]4CC[C@]32C)cc(OC)c1. The molecule has 0 aliphatic heterocycles. The van der Waals surface area contributed by atoms with Gasteiger partial charge in [0.15, 0.2) is 0 Å². The lowest BCUT2D eigenvalue weighted by Crippen LogP contribution is -2.58. The van der Waals surface area contributed by atoms with Crippen molar-refractivity contribution in [2.75, 3.05) is 19.5 Å². The highest BCUT2D eigenvalue weighted by Crippen LogP contribution is 2.68. The minimum atomic E-state index is -0.243. The lowest BCUT2D eigenvalue weighted by Gasteiger charge is -2.62. The third-order valence-corrected chi connectivity index (χ3v) is 11.9. The maximum atomic E-state index is 12.9. The van der Waals surface area contributed by atoms with E-state index in [9.17, 15) is 15.0 Å². The Balaban J connectivity index is 1.23. The number of methoxy groups -OCH3 is 2. The quantitative estimate of drug-likeness (QED) is 0.402. The van der Waals surface area contributed by atoms with E-state index in [1.165, 1.54) is 25.7 Å². The van der Waals surface area contributed by atoms with Crippen LogP contribution in [0.1, 0.15) is 85.0 Å². The fourth-order valence-electron chi connectivity index (χ4n) is 9.84. The van der Waals surface area contributed by atoms with E-state index in [1.807, 2.05) is 12.1 Å². The summed E-state index contributed by atoms with van der Waals surface area (Å²) in [6.45, 7) is 7.31. The van der Waals surface area contributed by atoms with Gasteiger partial charge in [-0.3, -0.25) is 4.79 Å². The Bertz CT molecular complexity index is 991. The summed E-state index contributed by atoms with van der Waals surface area (Å²) in [7, 11) is 3.21. The third kappa shape index (κ3) is 4.85. The normalized spacial score (nSPS) is 40.9. The van der Waals surface area contributed by atoms with Crippen molar-refractivity contribution in [3.05, 3.63) is 18.2 Å². The van der Waals surface area contributed by atoms with Crippen LogP contribution in [0.25, 0.3) is 0 Å². The Morgan fingerprint density at radius 1 is 0.974 bits per heavy atom. The third-order valence-electron chi connectivity index (χ3n) is 11.9. The van der Waals surface area contributed by atoms with Crippen LogP contribution in [-0.4, -0.2) is 42.5 Å². The van der Waals surface area contributed by atoms with Gasteiger partial charge in [0.2, 0.25) is 5.91 Å². The highest BCUT2D eigenvalue weighted by atomic mass is 16.5. The van der Waals surface area contributed by atoms with E-state index >= 15 is 0 Å². The number of anilines is 1. The Kier molecular flexibility index (Phi) is 7.78. The van der Waals surface area contributed by atoms with Crippen LogP contribution in [0.4, 0.5) is 5.69 Å². The number of carbonyl (C=O) groups excluding carboxylic acids is 1. The number of amides is 1. The van der Waals surface area contributed by atoms with Gasteiger partial charge in [-0.25, -0.2) is 0 Å². The number of rotatable bonds is 7. The Morgan fingerprint density at radius 3 is 2.32 bits per heavy atom. The lowest BCUT2D eigenvalue weighted by atomic mass is 9.43. The van der Waals surface area contributed by atoms with E-state index < -0.39 is 0 Å². The second-order valence-electron chi connectivity index (χ2n) is 13.6. The standard InChI is InChI=1S/C32H49NO5/c1-19(6-9-29(36)33-21-16-23(37-4)18-24(17-21)38-5)25-7-8-26-30-27(11-13-32(25,26)3)31(2)12-10-22(34)14-20(31)15-28(30)35/h16-20,22,25-28,30,34-35H,6-15H2,1-5H3,(H,33,36)/t19-,20+,22-,25-,26+,27+,28+,30+,31+,32-/m0/s1. The van der Waals surface area contributed by atoms with Gasteiger partial charge in [0, 0.05) is 30.3 Å². The van der Waals surface area contributed by atoms with Gasteiger partial charge in [0.05, 0.1) is 26.4 Å². The van der Waals surface area contributed by atoms with Gasteiger partial charge < -0.3 is 25.0 Å². The Labute approximate surface area is 228 Å². The van der Waals surface area contributed by atoms with Crippen molar-refractivity contribution in [1.29, 1.82) is 0 Å². The maximum absolute atomic E-state index is 12.9. The van der Waals surface area contributed by atoms with Crippen LogP contribution in [0.3, 0.4) is 0 Å². The van der Waals surface area contributed by atoms with E-state index in [2.05, 4.69) is 26.1 Å². The number of aliphatic hydroxyl groups excluding tert-OH is 2. The molecule has 4 aliphatic carbocycles.